The molecule has 1 spiro atoms. The molecule has 2 aliphatic carbocycles. The summed E-state index contributed by atoms with van der Waals surface area (Å²) < 4.78 is 3.43. The molecule has 0 bridgehead atoms. The first-order valence-electron chi connectivity index (χ1n) is 10.2. The van der Waals surface area contributed by atoms with E-state index in [4.69, 9.17) is 4.98 Å². The van der Waals surface area contributed by atoms with Crippen LogP contribution in [0.2, 0.25) is 0 Å². The van der Waals surface area contributed by atoms with Crippen LogP contribution in [0.25, 0.3) is 21.3 Å². The van der Waals surface area contributed by atoms with E-state index in [0.717, 1.165) is 28.2 Å². The fourth-order valence-electron chi connectivity index (χ4n) is 4.88. The number of benzene rings is 1. The van der Waals surface area contributed by atoms with Gasteiger partial charge in [-0.15, -0.1) is 0 Å². The second kappa shape index (κ2) is 6.27. The van der Waals surface area contributed by atoms with Gasteiger partial charge in [0.25, 0.3) is 0 Å². The van der Waals surface area contributed by atoms with Crippen LogP contribution < -0.4 is 5.32 Å². The maximum absolute atomic E-state index is 4.84. The number of pyridine rings is 1. The molecule has 0 amide bonds. The van der Waals surface area contributed by atoms with Crippen LogP contribution in [0.15, 0.2) is 43.0 Å². The Balaban J connectivity index is 1.22. The van der Waals surface area contributed by atoms with E-state index in [-0.39, 0.29) is 0 Å². The number of rotatable bonds is 4. The average molecular weight is 390 g/mol. The van der Waals surface area contributed by atoms with Crippen molar-refractivity contribution in [2.75, 3.05) is 5.32 Å². The Hall–Kier alpha value is -2.47. The number of nitrogens with zero attached hydrogens (tertiary/aromatic N) is 4. The normalized spacial score (nSPS) is 20.8. The molecule has 6 rings (SSSR count). The van der Waals surface area contributed by atoms with Crippen molar-refractivity contribution in [1.82, 2.24) is 19.5 Å². The molecule has 2 saturated carbocycles. The van der Waals surface area contributed by atoms with Crippen molar-refractivity contribution in [3.05, 3.63) is 48.5 Å². The molecule has 1 N–H and O–H groups in total. The third kappa shape index (κ3) is 2.78. The third-order valence-corrected chi connectivity index (χ3v) is 7.52. The van der Waals surface area contributed by atoms with Crippen molar-refractivity contribution >= 4 is 37.7 Å². The first-order chi connectivity index (χ1) is 13.8. The van der Waals surface area contributed by atoms with E-state index in [9.17, 15) is 0 Å². The van der Waals surface area contributed by atoms with Crippen molar-refractivity contribution in [3.8, 4) is 0 Å². The molecule has 142 valence electrons. The number of hydrogen-bond donors (Lipinski definition) is 1. The minimum absolute atomic E-state index is 0.582. The first kappa shape index (κ1) is 16.5. The van der Waals surface area contributed by atoms with Crippen LogP contribution in [0.3, 0.4) is 0 Å². The summed E-state index contributed by atoms with van der Waals surface area (Å²) in [5, 5.41) is 4.82. The molecule has 0 aliphatic heterocycles. The smallest absolute Gasteiger partial charge is 0.184 e. The van der Waals surface area contributed by atoms with E-state index >= 15 is 0 Å². The molecule has 2 fully saturated rings. The minimum Gasteiger partial charge on any atom is -0.358 e. The summed E-state index contributed by atoms with van der Waals surface area (Å²) in [4.78, 5) is 13.4. The van der Waals surface area contributed by atoms with Crippen molar-refractivity contribution < 1.29 is 0 Å². The number of nitrogens with one attached hydrogen (secondary N) is 1. The van der Waals surface area contributed by atoms with Gasteiger partial charge in [-0.1, -0.05) is 36.7 Å². The highest BCUT2D eigenvalue weighted by molar-refractivity contribution is 7.22. The molecule has 1 aromatic carbocycles. The van der Waals surface area contributed by atoms with E-state index < -0.39 is 0 Å². The van der Waals surface area contributed by atoms with Crippen LogP contribution >= 0.6 is 11.3 Å². The lowest BCUT2D eigenvalue weighted by atomic mass is 9.86. The van der Waals surface area contributed by atoms with Crippen LogP contribution in [-0.2, 0) is 6.54 Å². The van der Waals surface area contributed by atoms with Gasteiger partial charge in [0.15, 0.2) is 5.13 Å². The second-order valence-electron chi connectivity index (χ2n) is 8.38. The summed E-state index contributed by atoms with van der Waals surface area (Å²) in [5.41, 5.74) is 5.00. The molecular formula is C22H23N5S. The average Bonchev–Trinajstić information content (AvgIpc) is 3.06. The van der Waals surface area contributed by atoms with E-state index in [1.165, 1.54) is 48.8 Å². The number of anilines is 1. The molecule has 5 nitrogen and oxygen atoms in total. The van der Waals surface area contributed by atoms with E-state index in [2.05, 4.69) is 38.1 Å². The first-order valence-corrected chi connectivity index (χ1v) is 11.0. The SMILES string of the molecule is c1cc2c(cn1)ncn2Cc1ccc2nc(N[C@H]3CC34CCCCC4)sc2c1. The number of thiazole rings is 1. The zero-order chi connectivity index (χ0) is 18.6. The lowest BCUT2D eigenvalue weighted by Crippen LogP contribution is -2.17. The maximum Gasteiger partial charge on any atom is 0.184 e. The van der Waals surface area contributed by atoms with Gasteiger partial charge in [0, 0.05) is 18.8 Å². The maximum atomic E-state index is 4.84. The number of aromatic nitrogens is 4. The second-order valence-corrected chi connectivity index (χ2v) is 9.41. The molecule has 3 heterocycles. The van der Waals surface area contributed by atoms with Gasteiger partial charge in [-0.05, 0) is 48.4 Å². The summed E-state index contributed by atoms with van der Waals surface area (Å²) in [6.45, 7) is 0.808. The Morgan fingerprint density at radius 3 is 3.00 bits per heavy atom. The molecule has 6 heteroatoms. The van der Waals surface area contributed by atoms with E-state index in [1.54, 1.807) is 11.3 Å². The minimum atomic E-state index is 0.582. The van der Waals surface area contributed by atoms with Gasteiger partial charge < -0.3 is 9.88 Å². The highest BCUT2D eigenvalue weighted by atomic mass is 32.1. The van der Waals surface area contributed by atoms with Crippen molar-refractivity contribution in [3.63, 3.8) is 0 Å². The van der Waals surface area contributed by atoms with Gasteiger partial charge in [-0.25, -0.2) is 9.97 Å². The van der Waals surface area contributed by atoms with Crippen molar-refractivity contribution in [2.24, 2.45) is 5.41 Å². The molecule has 4 aromatic rings. The largest absolute Gasteiger partial charge is 0.358 e. The number of imidazole rings is 1. The predicted molar refractivity (Wildman–Crippen MR) is 114 cm³/mol. The summed E-state index contributed by atoms with van der Waals surface area (Å²) in [6, 6.07) is 9.26. The molecule has 0 saturated heterocycles. The monoisotopic (exact) mass is 389 g/mol. The predicted octanol–water partition coefficient (Wildman–Crippen LogP) is 5.22. The van der Waals surface area contributed by atoms with Gasteiger partial charge in [-0.3, -0.25) is 4.98 Å². The topological polar surface area (TPSA) is 55.6 Å². The van der Waals surface area contributed by atoms with E-state index in [0.29, 0.717) is 11.5 Å². The molecule has 28 heavy (non-hydrogen) atoms. The van der Waals surface area contributed by atoms with Crippen molar-refractivity contribution in [1.29, 1.82) is 0 Å². The fraction of sp³-hybridized carbons (Fsp3) is 0.409. The molecule has 1 atom stereocenters. The Morgan fingerprint density at radius 2 is 2.07 bits per heavy atom. The Morgan fingerprint density at radius 1 is 1.14 bits per heavy atom. The standard InChI is InChI=1S/C22H23N5S/c1-2-7-22(8-3-1)11-20(22)26-21-25-16-5-4-15(10-19(16)28-21)13-27-14-24-17-12-23-9-6-18(17)27/h4-6,9-10,12,14,20H,1-3,7-8,11,13H2,(H,25,26)/t20-/m0/s1. The summed E-state index contributed by atoms with van der Waals surface area (Å²) >= 11 is 1.79. The van der Waals surface area contributed by atoms with Crippen LogP contribution in [0.1, 0.15) is 44.1 Å². The summed E-state index contributed by atoms with van der Waals surface area (Å²) in [5.74, 6) is 0. The molecule has 2 aliphatic rings. The van der Waals surface area contributed by atoms with Crippen LogP contribution in [0.4, 0.5) is 5.13 Å². The Kier molecular flexibility index (Phi) is 3.69. The molecule has 0 unspecified atom stereocenters. The van der Waals surface area contributed by atoms with Gasteiger partial charge >= 0.3 is 0 Å². The molecule has 0 radical (unpaired) electrons. The van der Waals surface area contributed by atoms with Crippen LogP contribution in [0, 0.1) is 5.41 Å². The van der Waals surface area contributed by atoms with Gasteiger partial charge in [0.1, 0.15) is 5.52 Å². The Labute approximate surface area is 167 Å². The highest BCUT2D eigenvalue weighted by Gasteiger charge is 2.54. The number of fused-ring (bicyclic) bond motifs is 2. The zero-order valence-electron chi connectivity index (χ0n) is 15.8. The van der Waals surface area contributed by atoms with Crippen LogP contribution in [-0.4, -0.2) is 25.6 Å². The zero-order valence-corrected chi connectivity index (χ0v) is 16.6. The number of hydrogen-bond acceptors (Lipinski definition) is 5. The van der Waals surface area contributed by atoms with E-state index in [1.807, 2.05) is 24.8 Å². The highest BCUT2D eigenvalue weighted by Crippen LogP contribution is 2.57. The lowest BCUT2D eigenvalue weighted by molar-refractivity contribution is 0.330. The van der Waals surface area contributed by atoms with Crippen LogP contribution in [0.5, 0.6) is 0 Å². The van der Waals surface area contributed by atoms with Gasteiger partial charge in [0.2, 0.25) is 0 Å². The lowest BCUT2D eigenvalue weighted by Gasteiger charge is -2.22. The molecular weight excluding hydrogens is 366 g/mol. The fourth-order valence-corrected chi connectivity index (χ4v) is 5.86. The van der Waals surface area contributed by atoms with Gasteiger partial charge in [-0.2, -0.15) is 0 Å². The van der Waals surface area contributed by atoms with Gasteiger partial charge in [0.05, 0.1) is 28.3 Å². The molecule has 3 aromatic heterocycles. The third-order valence-electron chi connectivity index (χ3n) is 6.57. The summed E-state index contributed by atoms with van der Waals surface area (Å²) in [6.07, 6.45) is 13.9. The quantitative estimate of drug-likeness (QED) is 0.520. The Bertz CT molecular complexity index is 1150. The van der Waals surface area contributed by atoms with Crippen molar-refractivity contribution in [2.45, 2.75) is 51.1 Å². The summed E-state index contributed by atoms with van der Waals surface area (Å²) in [7, 11) is 0.